The molecule has 1 aromatic rings. The van der Waals surface area contributed by atoms with Crippen LogP contribution in [0.1, 0.15) is 31.3 Å². The maximum absolute atomic E-state index is 11.2. The van der Waals surface area contributed by atoms with Crippen molar-refractivity contribution in [2.75, 3.05) is 30.5 Å². The van der Waals surface area contributed by atoms with Crippen LogP contribution in [0.2, 0.25) is 0 Å². The number of nitrogens with one attached hydrogen (secondary N) is 1. The smallest absolute Gasteiger partial charge is 0.185 e. The molecule has 0 amide bonds. The van der Waals surface area contributed by atoms with Crippen molar-refractivity contribution < 1.29 is 8.42 Å². The zero-order valence-electron chi connectivity index (χ0n) is 13.1. The van der Waals surface area contributed by atoms with Crippen molar-refractivity contribution in [2.45, 2.75) is 39.8 Å². The molecule has 0 fully saturated rings. The Labute approximate surface area is 126 Å². The van der Waals surface area contributed by atoms with E-state index in [1.165, 1.54) is 11.1 Å². The summed E-state index contributed by atoms with van der Waals surface area (Å²) in [6, 6.07) is 0. The van der Waals surface area contributed by atoms with Gasteiger partial charge < -0.3 is 10.2 Å². The van der Waals surface area contributed by atoms with Crippen molar-refractivity contribution >= 4 is 26.3 Å². The van der Waals surface area contributed by atoms with Gasteiger partial charge in [0.1, 0.15) is 9.84 Å². The first-order chi connectivity index (χ1) is 8.98. The number of hydrogen-bond acceptors (Lipinski definition) is 6. The van der Waals surface area contributed by atoms with Gasteiger partial charge in [0.05, 0.1) is 11.4 Å². The molecule has 1 N–H and O–H groups in total. The summed E-state index contributed by atoms with van der Waals surface area (Å²) in [5.74, 6) is 0.150. The van der Waals surface area contributed by atoms with Gasteiger partial charge in [-0.25, -0.2) is 13.4 Å². The molecule has 0 spiro atoms. The fourth-order valence-electron chi connectivity index (χ4n) is 1.48. The number of rotatable bonds is 6. The molecule has 0 aromatic carbocycles. The summed E-state index contributed by atoms with van der Waals surface area (Å²) in [5, 5.41) is 4.32. The average molecular weight is 319 g/mol. The van der Waals surface area contributed by atoms with Gasteiger partial charge in [-0.3, -0.25) is 0 Å². The number of sulfone groups is 1. The third-order valence-electron chi connectivity index (χ3n) is 2.78. The Bertz CT molecular complexity index is 544. The molecule has 0 saturated carbocycles. The lowest BCUT2D eigenvalue weighted by Crippen LogP contribution is -2.34. The molecule has 1 heterocycles. The molecule has 5 nitrogen and oxygen atoms in total. The van der Waals surface area contributed by atoms with Crippen LogP contribution in [0.4, 0.5) is 5.13 Å². The summed E-state index contributed by atoms with van der Waals surface area (Å²) in [4.78, 5) is 7.62. The Morgan fingerprint density at radius 1 is 1.35 bits per heavy atom. The first-order valence-electron chi connectivity index (χ1n) is 6.58. The monoisotopic (exact) mass is 319 g/mol. The molecule has 0 saturated heterocycles. The van der Waals surface area contributed by atoms with E-state index >= 15 is 0 Å². The maximum Gasteiger partial charge on any atom is 0.185 e. The Morgan fingerprint density at radius 2 is 1.95 bits per heavy atom. The molecule has 1 aromatic heterocycles. The minimum atomic E-state index is -2.94. The third kappa shape index (κ3) is 6.19. The van der Waals surface area contributed by atoms with Crippen LogP contribution in [0.15, 0.2) is 0 Å². The van der Waals surface area contributed by atoms with Crippen molar-refractivity contribution in [3.8, 4) is 0 Å². The van der Waals surface area contributed by atoms with Gasteiger partial charge in [0.15, 0.2) is 5.13 Å². The molecule has 20 heavy (non-hydrogen) atoms. The summed E-state index contributed by atoms with van der Waals surface area (Å²) in [6.45, 7) is 9.63. The molecule has 0 unspecified atom stereocenters. The average Bonchev–Trinajstić information content (AvgIpc) is 2.63. The molecule has 0 aliphatic carbocycles. The van der Waals surface area contributed by atoms with Crippen LogP contribution < -0.4 is 10.2 Å². The van der Waals surface area contributed by atoms with Crippen molar-refractivity contribution in [3.63, 3.8) is 0 Å². The third-order valence-corrected chi connectivity index (χ3v) is 4.98. The Balaban J connectivity index is 2.69. The first kappa shape index (κ1) is 17.4. The summed E-state index contributed by atoms with van der Waals surface area (Å²) in [5.41, 5.74) is 1.08. The highest BCUT2D eigenvalue weighted by Gasteiger charge is 2.15. The van der Waals surface area contributed by atoms with Crippen LogP contribution >= 0.6 is 11.3 Å². The predicted molar refractivity (Wildman–Crippen MR) is 86.4 cm³/mol. The molecule has 1 rings (SSSR count). The van der Waals surface area contributed by atoms with E-state index < -0.39 is 9.84 Å². The van der Waals surface area contributed by atoms with Crippen molar-refractivity contribution in [1.82, 2.24) is 10.3 Å². The van der Waals surface area contributed by atoms with Crippen LogP contribution in [0.25, 0.3) is 0 Å². The fraction of sp³-hybridized carbons (Fsp3) is 0.769. The second-order valence-electron chi connectivity index (χ2n) is 6.16. The van der Waals surface area contributed by atoms with Gasteiger partial charge >= 0.3 is 0 Å². The lowest BCUT2D eigenvalue weighted by atomic mass is 10.1. The van der Waals surface area contributed by atoms with Gasteiger partial charge in [0.2, 0.25) is 0 Å². The van der Waals surface area contributed by atoms with E-state index in [-0.39, 0.29) is 11.3 Å². The van der Waals surface area contributed by atoms with E-state index in [0.29, 0.717) is 6.54 Å². The second kappa shape index (κ2) is 6.41. The highest BCUT2D eigenvalue weighted by molar-refractivity contribution is 7.90. The fourth-order valence-corrected chi connectivity index (χ4v) is 3.08. The SMILES string of the molecule is Cc1nc(N(C)CCS(C)(=O)=O)sc1CNC(C)(C)C. The highest BCUT2D eigenvalue weighted by atomic mass is 32.2. The zero-order valence-corrected chi connectivity index (χ0v) is 14.8. The number of hydrogen-bond donors (Lipinski definition) is 1. The van der Waals surface area contributed by atoms with Gasteiger partial charge in [0, 0.05) is 36.8 Å². The van der Waals surface area contributed by atoms with Crippen LogP contribution in [-0.2, 0) is 16.4 Å². The Morgan fingerprint density at radius 3 is 2.45 bits per heavy atom. The molecule has 0 bridgehead atoms. The van der Waals surface area contributed by atoms with Crippen LogP contribution in [0.3, 0.4) is 0 Å². The molecule has 0 aliphatic rings. The summed E-state index contributed by atoms with van der Waals surface area (Å²) >= 11 is 1.62. The van der Waals surface area contributed by atoms with E-state index in [0.717, 1.165) is 17.4 Å². The quantitative estimate of drug-likeness (QED) is 0.866. The predicted octanol–water partition coefficient (Wildman–Crippen LogP) is 1.82. The van der Waals surface area contributed by atoms with Gasteiger partial charge in [-0.05, 0) is 27.7 Å². The Hall–Kier alpha value is -0.660. The summed E-state index contributed by atoms with van der Waals surface area (Å²) < 4.78 is 22.4. The van der Waals surface area contributed by atoms with Gasteiger partial charge in [0.25, 0.3) is 0 Å². The van der Waals surface area contributed by atoms with Crippen LogP contribution in [0, 0.1) is 6.92 Å². The number of aryl methyl sites for hydroxylation is 1. The number of anilines is 1. The molecule has 0 atom stereocenters. The summed E-state index contributed by atoms with van der Waals surface area (Å²) in [6.07, 6.45) is 1.26. The largest absolute Gasteiger partial charge is 0.350 e. The highest BCUT2D eigenvalue weighted by Crippen LogP contribution is 2.25. The maximum atomic E-state index is 11.2. The van der Waals surface area contributed by atoms with Gasteiger partial charge in [-0.2, -0.15) is 0 Å². The standard InChI is InChI=1S/C13H25N3O2S2/c1-10-11(9-14-13(2,3)4)19-12(15-10)16(5)7-8-20(6,17)18/h14H,7-9H2,1-6H3. The number of nitrogens with zero attached hydrogens (tertiary/aromatic N) is 2. The normalized spacial score (nSPS) is 12.7. The number of thiazole rings is 1. The molecule has 7 heteroatoms. The van der Waals surface area contributed by atoms with Gasteiger partial charge in [-0.15, -0.1) is 11.3 Å². The minimum Gasteiger partial charge on any atom is -0.350 e. The van der Waals surface area contributed by atoms with Crippen LogP contribution in [-0.4, -0.2) is 44.5 Å². The summed E-state index contributed by atoms with van der Waals surface area (Å²) in [7, 11) is -1.06. The van der Waals surface area contributed by atoms with Crippen molar-refractivity contribution in [2.24, 2.45) is 0 Å². The zero-order chi connectivity index (χ0) is 15.6. The van der Waals surface area contributed by atoms with Crippen LogP contribution in [0.5, 0.6) is 0 Å². The minimum absolute atomic E-state index is 0.0682. The molecule has 0 radical (unpaired) electrons. The van der Waals surface area contributed by atoms with E-state index in [9.17, 15) is 8.42 Å². The molecule has 0 aliphatic heterocycles. The van der Waals surface area contributed by atoms with E-state index in [1.54, 1.807) is 11.3 Å². The van der Waals surface area contributed by atoms with E-state index in [2.05, 4.69) is 31.1 Å². The molecular weight excluding hydrogens is 294 g/mol. The van der Waals surface area contributed by atoms with Gasteiger partial charge in [-0.1, -0.05) is 0 Å². The molecular formula is C13H25N3O2S2. The topological polar surface area (TPSA) is 62.3 Å². The number of aromatic nitrogens is 1. The lowest BCUT2D eigenvalue weighted by Gasteiger charge is -2.20. The van der Waals surface area contributed by atoms with Crippen molar-refractivity contribution in [1.29, 1.82) is 0 Å². The lowest BCUT2D eigenvalue weighted by molar-refractivity contribution is 0.425. The Kier molecular flexibility index (Phi) is 5.57. The van der Waals surface area contributed by atoms with Crippen molar-refractivity contribution in [3.05, 3.63) is 10.6 Å². The first-order valence-corrected chi connectivity index (χ1v) is 9.46. The van der Waals surface area contributed by atoms with E-state index in [1.807, 2.05) is 18.9 Å². The molecule has 116 valence electrons. The van der Waals surface area contributed by atoms with E-state index in [4.69, 9.17) is 0 Å². The second-order valence-corrected chi connectivity index (χ2v) is 9.48.